The normalized spacial score (nSPS) is 23.4. The first kappa shape index (κ1) is 23.3. The van der Waals surface area contributed by atoms with Gasteiger partial charge in [0.15, 0.2) is 11.8 Å². The smallest absolute Gasteiger partial charge is 0.192 e. The Bertz CT molecular complexity index is 644. The van der Waals surface area contributed by atoms with Crippen molar-refractivity contribution in [2.24, 2.45) is 17.5 Å². The van der Waals surface area contributed by atoms with Crippen LogP contribution in [0.25, 0.3) is 0 Å². The van der Waals surface area contributed by atoms with Gasteiger partial charge < -0.3 is 24.7 Å². The Kier molecular flexibility index (Phi) is 8.94. The van der Waals surface area contributed by atoms with Crippen LogP contribution in [-0.4, -0.2) is 59.7 Å². The molecule has 2 fully saturated rings. The summed E-state index contributed by atoms with van der Waals surface area (Å²) in [7, 11) is 3.68. The standard InChI is InChI=1S/C19H34N6O2.HI/c1-5-27-16-12-15(19(16)8-6-7-9-19)22-18(20-10-11-26-4)21-13-17-24-23-14(2)25(17)3;/h15-16H,5-13H2,1-4H3,(H2,20,21,22);1H. The summed E-state index contributed by atoms with van der Waals surface area (Å²) >= 11 is 0. The fourth-order valence-electron chi connectivity index (χ4n) is 4.42. The van der Waals surface area contributed by atoms with Gasteiger partial charge in [-0.1, -0.05) is 12.8 Å². The van der Waals surface area contributed by atoms with E-state index in [4.69, 9.17) is 14.5 Å². The summed E-state index contributed by atoms with van der Waals surface area (Å²) in [6.07, 6.45) is 6.49. The maximum atomic E-state index is 6.03. The van der Waals surface area contributed by atoms with Crippen LogP contribution >= 0.6 is 24.0 Å². The highest BCUT2D eigenvalue weighted by Crippen LogP contribution is 2.54. The van der Waals surface area contributed by atoms with E-state index < -0.39 is 0 Å². The highest BCUT2D eigenvalue weighted by atomic mass is 127. The van der Waals surface area contributed by atoms with Gasteiger partial charge in [-0.05, 0) is 33.1 Å². The second-order valence-electron chi connectivity index (χ2n) is 7.62. The number of aromatic nitrogens is 3. The Morgan fingerprint density at radius 3 is 2.68 bits per heavy atom. The van der Waals surface area contributed by atoms with E-state index >= 15 is 0 Å². The number of ether oxygens (including phenoxy) is 2. The maximum Gasteiger partial charge on any atom is 0.192 e. The van der Waals surface area contributed by atoms with Gasteiger partial charge in [-0.15, -0.1) is 34.2 Å². The molecule has 2 saturated carbocycles. The zero-order valence-corrected chi connectivity index (χ0v) is 19.9. The fourth-order valence-corrected chi connectivity index (χ4v) is 4.42. The number of hydrogen-bond donors (Lipinski definition) is 2. The van der Waals surface area contributed by atoms with Gasteiger partial charge in [0.05, 0.1) is 12.7 Å². The van der Waals surface area contributed by atoms with Crippen LogP contribution in [0, 0.1) is 12.3 Å². The van der Waals surface area contributed by atoms with Crippen molar-refractivity contribution in [2.45, 2.75) is 64.6 Å². The molecule has 0 amide bonds. The van der Waals surface area contributed by atoms with Gasteiger partial charge >= 0.3 is 0 Å². The van der Waals surface area contributed by atoms with Crippen molar-refractivity contribution in [3.8, 4) is 0 Å². The Balaban J connectivity index is 0.00000280. The van der Waals surface area contributed by atoms with Crippen molar-refractivity contribution in [1.82, 2.24) is 25.4 Å². The second-order valence-corrected chi connectivity index (χ2v) is 7.62. The molecule has 2 aliphatic rings. The highest BCUT2D eigenvalue weighted by Gasteiger charge is 2.56. The Morgan fingerprint density at radius 2 is 2.07 bits per heavy atom. The summed E-state index contributed by atoms with van der Waals surface area (Å²) in [4.78, 5) is 4.76. The van der Waals surface area contributed by atoms with E-state index in [-0.39, 0.29) is 29.4 Å². The molecule has 3 rings (SSSR count). The quantitative estimate of drug-likeness (QED) is 0.243. The lowest BCUT2D eigenvalue weighted by atomic mass is 9.60. The van der Waals surface area contributed by atoms with Gasteiger partial charge in [0.25, 0.3) is 0 Å². The number of methoxy groups -OCH3 is 1. The minimum absolute atomic E-state index is 0. The molecule has 2 atom stereocenters. The van der Waals surface area contributed by atoms with Crippen LogP contribution in [-0.2, 0) is 23.1 Å². The lowest BCUT2D eigenvalue weighted by molar-refractivity contribution is -0.125. The predicted octanol–water partition coefficient (Wildman–Crippen LogP) is 2.16. The third-order valence-electron chi connectivity index (χ3n) is 6.16. The molecule has 1 spiro atoms. The van der Waals surface area contributed by atoms with E-state index in [9.17, 15) is 0 Å². The lowest BCUT2D eigenvalue weighted by Gasteiger charge is -2.54. The minimum atomic E-state index is 0. The minimum Gasteiger partial charge on any atom is -0.383 e. The first-order valence-corrected chi connectivity index (χ1v) is 10.1. The molecule has 0 radical (unpaired) electrons. The fraction of sp³-hybridized carbons (Fsp3) is 0.842. The zero-order chi connectivity index (χ0) is 19.3. The van der Waals surface area contributed by atoms with Crippen LogP contribution in [0.1, 0.15) is 50.7 Å². The third kappa shape index (κ3) is 4.96. The van der Waals surface area contributed by atoms with E-state index in [0.29, 0.717) is 25.3 Å². The lowest BCUT2D eigenvalue weighted by Crippen LogP contribution is -2.65. The molecular formula is C19H35IN6O2. The largest absolute Gasteiger partial charge is 0.383 e. The number of aliphatic imine (C=N–C) groups is 1. The van der Waals surface area contributed by atoms with Crippen molar-refractivity contribution in [3.05, 3.63) is 11.6 Å². The molecule has 2 unspecified atom stereocenters. The molecule has 1 heterocycles. The molecule has 1 aromatic heterocycles. The summed E-state index contributed by atoms with van der Waals surface area (Å²) in [5, 5.41) is 15.4. The molecule has 2 N–H and O–H groups in total. The van der Waals surface area contributed by atoms with E-state index in [1.807, 2.05) is 18.5 Å². The van der Waals surface area contributed by atoms with Crippen LogP contribution in [0.2, 0.25) is 0 Å². The summed E-state index contributed by atoms with van der Waals surface area (Å²) in [5.41, 5.74) is 0.265. The molecule has 0 saturated heterocycles. The monoisotopic (exact) mass is 506 g/mol. The Labute approximate surface area is 185 Å². The van der Waals surface area contributed by atoms with Crippen LogP contribution in [0.3, 0.4) is 0 Å². The van der Waals surface area contributed by atoms with Crippen LogP contribution in [0.4, 0.5) is 0 Å². The van der Waals surface area contributed by atoms with Gasteiger partial charge in [0.1, 0.15) is 12.4 Å². The SMILES string of the molecule is CCOC1CC(NC(=NCc2nnc(C)n2C)NCCOC)C12CCCC2.I. The van der Waals surface area contributed by atoms with Crippen molar-refractivity contribution < 1.29 is 9.47 Å². The molecule has 0 aromatic carbocycles. The topological polar surface area (TPSA) is 85.6 Å². The van der Waals surface area contributed by atoms with Crippen molar-refractivity contribution >= 4 is 29.9 Å². The first-order chi connectivity index (χ1) is 13.1. The number of guanidine groups is 1. The number of hydrogen-bond acceptors (Lipinski definition) is 5. The van der Waals surface area contributed by atoms with Gasteiger partial charge in [-0.3, -0.25) is 0 Å². The third-order valence-corrected chi connectivity index (χ3v) is 6.16. The van der Waals surface area contributed by atoms with E-state index in [2.05, 4.69) is 27.8 Å². The van der Waals surface area contributed by atoms with Gasteiger partial charge in [0.2, 0.25) is 0 Å². The zero-order valence-electron chi connectivity index (χ0n) is 17.5. The maximum absolute atomic E-state index is 6.03. The van der Waals surface area contributed by atoms with E-state index in [1.165, 1.54) is 25.7 Å². The number of halogens is 1. The first-order valence-electron chi connectivity index (χ1n) is 10.1. The summed E-state index contributed by atoms with van der Waals surface area (Å²) in [6.45, 7) is 6.68. The predicted molar refractivity (Wildman–Crippen MR) is 120 cm³/mol. The average molecular weight is 506 g/mol. The number of rotatable bonds is 8. The summed E-state index contributed by atoms with van der Waals surface area (Å²) in [5.74, 6) is 2.57. The van der Waals surface area contributed by atoms with Gasteiger partial charge in [-0.25, -0.2) is 4.99 Å². The molecule has 8 nitrogen and oxygen atoms in total. The Hall–Kier alpha value is -0.940. The van der Waals surface area contributed by atoms with Gasteiger partial charge in [-0.2, -0.15) is 0 Å². The van der Waals surface area contributed by atoms with Crippen molar-refractivity contribution in [1.29, 1.82) is 0 Å². The number of nitrogens with one attached hydrogen (secondary N) is 2. The van der Waals surface area contributed by atoms with Gasteiger partial charge in [0, 0.05) is 38.8 Å². The molecule has 9 heteroatoms. The van der Waals surface area contributed by atoms with Crippen LogP contribution in [0.15, 0.2) is 4.99 Å². The summed E-state index contributed by atoms with van der Waals surface area (Å²) in [6, 6.07) is 0.409. The van der Waals surface area contributed by atoms with Crippen molar-refractivity contribution in [2.75, 3.05) is 26.9 Å². The molecule has 1 aromatic rings. The van der Waals surface area contributed by atoms with Crippen LogP contribution < -0.4 is 10.6 Å². The summed E-state index contributed by atoms with van der Waals surface area (Å²) < 4.78 is 13.2. The Morgan fingerprint density at radius 1 is 1.32 bits per heavy atom. The second kappa shape index (κ2) is 10.7. The molecule has 0 aliphatic heterocycles. The molecular weight excluding hydrogens is 471 g/mol. The number of nitrogens with zero attached hydrogens (tertiary/aromatic N) is 4. The molecule has 0 bridgehead atoms. The number of aryl methyl sites for hydroxylation is 1. The molecule has 28 heavy (non-hydrogen) atoms. The highest BCUT2D eigenvalue weighted by molar-refractivity contribution is 14.0. The van der Waals surface area contributed by atoms with Crippen molar-refractivity contribution in [3.63, 3.8) is 0 Å². The average Bonchev–Trinajstić information content (AvgIpc) is 3.29. The van der Waals surface area contributed by atoms with E-state index in [0.717, 1.165) is 37.2 Å². The molecule has 160 valence electrons. The molecule has 2 aliphatic carbocycles. The van der Waals surface area contributed by atoms with Crippen LogP contribution in [0.5, 0.6) is 0 Å². The van der Waals surface area contributed by atoms with E-state index in [1.54, 1.807) is 7.11 Å².